The van der Waals surface area contributed by atoms with Gasteiger partial charge in [-0.2, -0.15) is 0 Å². The van der Waals surface area contributed by atoms with Gasteiger partial charge in [-0.05, 0) is 31.0 Å². The number of benzene rings is 1. The number of anilines is 2. The van der Waals surface area contributed by atoms with Gasteiger partial charge in [-0.1, -0.05) is 12.1 Å². The van der Waals surface area contributed by atoms with Crippen molar-refractivity contribution in [2.24, 2.45) is 5.73 Å². The maximum atomic E-state index is 14.5. The van der Waals surface area contributed by atoms with Crippen molar-refractivity contribution in [3.63, 3.8) is 0 Å². The van der Waals surface area contributed by atoms with Crippen molar-refractivity contribution in [1.82, 2.24) is 9.88 Å². The van der Waals surface area contributed by atoms with Crippen LogP contribution < -0.4 is 26.5 Å². The number of nitrogens with zero attached hydrogens (tertiary/aromatic N) is 2. The Morgan fingerprint density at radius 3 is 2.62 bits per heavy atom. The molecule has 1 saturated heterocycles. The van der Waals surface area contributed by atoms with Crippen LogP contribution in [-0.2, 0) is 14.4 Å². The van der Waals surface area contributed by atoms with E-state index < -0.39 is 53.4 Å². The van der Waals surface area contributed by atoms with E-state index in [-0.39, 0.29) is 24.2 Å². The molecule has 0 aliphatic carbocycles. The number of nitrogens with one attached hydrogen (secondary N) is 2. The second kappa shape index (κ2) is 11.1. The van der Waals surface area contributed by atoms with Gasteiger partial charge in [-0.15, -0.1) is 19.8 Å². The highest BCUT2D eigenvalue weighted by molar-refractivity contribution is 6.43. The van der Waals surface area contributed by atoms with E-state index in [2.05, 4.69) is 26.9 Å². The molecule has 0 saturated carbocycles. The van der Waals surface area contributed by atoms with Gasteiger partial charge in [0.15, 0.2) is 11.6 Å². The van der Waals surface area contributed by atoms with Crippen molar-refractivity contribution in [2.75, 3.05) is 17.2 Å². The molecule has 0 spiro atoms. The highest BCUT2D eigenvalue weighted by atomic mass is 19.4. The summed E-state index contributed by atoms with van der Waals surface area (Å²) in [6.07, 6.45) is -0.407. The SMILES string of the molecule is C=CC1CC[C@@H](C(=O)Nc2cccc(OC(F)(F)F)c2F)N1C(=O)CNc1ccncc1C(=[NH2+])C(N)=O. The van der Waals surface area contributed by atoms with Crippen molar-refractivity contribution < 1.29 is 42.1 Å². The summed E-state index contributed by atoms with van der Waals surface area (Å²) in [4.78, 5) is 42.6. The van der Waals surface area contributed by atoms with Gasteiger partial charge < -0.3 is 26.0 Å². The molecule has 37 heavy (non-hydrogen) atoms. The number of hydrogen-bond donors (Lipinski definition) is 4. The number of aromatic nitrogens is 1. The van der Waals surface area contributed by atoms with Crippen molar-refractivity contribution >= 4 is 34.8 Å². The number of amides is 3. The van der Waals surface area contributed by atoms with Gasteiger partial charge in [0.25, 0.3) is 5.71 Å². The van der Waals surface area contributed by atoms with Crippen LogP contribution in [0.1, 0.15) is 18.4 Å². The van der Waals surface area contributed by atoms with E-state index in [1.165, 1.54) is 29.4 Å². The first kappa shape index (κ1) is 27.1. The van der Waals surface area contributed by atoms with Crippen molar-refractivity contribution in [1.29, 1.82) is 0 Å². The predicted molar refractivity (Wildman–Crippen MR) is 124 cm³/mol. The van der Waals surface area contributed by atoms with Crippen LogP contribution in [0.15, 0.2) is 49.3 Å². The molecule has 1 aliphatic rings. The third-order valence-electron chi connectivity index (χ3n) is 5.55. The van der Waals surface area contributed by atoms with Crippen LogP contribution in [0.25, 0.3) is 0 Å². The van der Waals surface area contributed by atoms with Crippen LogP contribution in [0.5, 0.6) is 5.75 Å². The minimum Gasteiger partial charge on any atom is -0.403 e. The lowest BCUT2D eigenvalue weighted by molar-refractivity contribution is -0.275. The molecule has 196 valence electrons. The molecule has 6 N–H and O–H groups in total. The molecule has 1 aliphatic heterocycles. The third kappa shape index (κ3) is 6.39. The van der Waals surface area contributed by atoms with E-state index in [9.17, 15) is 31.9 Å². The van der Waals surface area contributed by atoms with E-state index in [1.54, 1.807) is 0 Å². The second-order valence-corrected chi connectivity index (χ2v) is 7.90. The average Bonchev–Trinajstić information content (AvgIpc) is 3.28. The summed E-state index contributed by atoms with van der Waals surface area (Å²) in [7, 11) is 0. The number of ether oxygens (including phenoxy) is 1. The summed E-state index contributed by atoms with van der Waals surface area (Å²) >= 11 is 0. The second-order valence-electron chi connectivity index (χ2n) is 7.90. The summed E-state index contributed by atoms with van der Waals surface area (Å²) in [5, 5.41) is 10.8. The van der Waals surface area contributed by atoms with Crippen LogP contribution in [0.4, 0.5) is 28.9 Å². The minimum atomic E-state index is -5.13. The Bertz CT molecular complexity index is 1240. The number of halogens is 4. The largest absolute Gasteiger partial charge is 0.573 e. The molecule has 3 amide bonds. The van der Waals surface area contributed by atoms with Gasteiger partial charge in [-0.25, -0.2) is 9.80 Å². The van der Waals surface area contributed by atoms with Crippen LogP contribution in [0.2, 0.25) is 0 Å². The van der Waals surface area contributed by atoms with Gasteiger partial charge in [0.1, 0.15) is 6.04 Å². The van der Waals surface area contributed by atoms with E-state index in [4.69, 9.17) is 11.1 Å². The minimum absolute atomic E-state index is 0.176. The lowest BCUT2D eigenvalue weighted by atomic mass is 10.1. The average molecular weight is 523 g/mol. The smallest absolute Gasteiger partial charge is 0.403 e. The van der Waals surface area contributed by atoms with E-state index in [0.29, 0.717) is 12.1 Å². The monoisotopic (exact) mass is 523 g/mol. The molecule has 1 unspecified atom stereocenters. The molecule has 2 atom stereocenters. The molecule has 3 rings (SSSR count). The molecular formula is C23H23F4N6O4+. The fourth-order valence-corrected chi connectivity index (χ4v) is 3.87. The highest BCUT2D eigenvalue weighted by Gasteiger charge is 2.40. The number of rotatable bonds is 9. The molecular weight excluding hydrogens is 500 g/mol. The van der Waals surface area contributed by atoms with E-state index in [0.717, 1.165) is 18.2 Å². The fourth-order valence-electron chi connectivity index (χ4n) is 3.87. The number of carbonyl (C=O) groups is 3. The number of nitrogens with two attached hydrogens (primary N) is 2. The number of alkyl halides is 3. The first-order chi connectivity index (χ1) is 17.4. The number of primary amides is 1. The molecule has 14 heteroatoms. The summed E-state index contributed by atoms with van der Waals surface area (Å²) in [5.41, 5.74) is 4.87. The Morgan fingerprint density at radius 1 is 1.24 bits per heavy atom. The Balaban J connectivity index is 1.76. The Hall–Kier alpha value is -4.49. The van der Waals surface area contributed by atoms with Crippen LogP contribution in [0, 0.1) is 5.82 Å². The first-order valence-electron chi connectivity index (χ1n) is 10.8. The Labute approximate surface area is 208 Å². The van der Waals surface area contributed by atoms with E-state index in [1.807, 2.05) is 0 Å². The molecule has 1 aromatic carbocycles. The maximum absolute atomic E-state index is 14.5. The summed E-state index contributed by atoms with van der Waals surface area (Å²) in [6.45, 7) is 3.35. The number of hydrogen-bond acceptors (Lipinski definition) is 6. The molecule has 1 fully saturated rings. The number of pyridine rings is 1. The lowest BCUT2D eigenvalue weighted by Crippen LogP contribution is -2.49. The number of carbonyl (C=O) groups excluding carboxylic acids is 3. The van der Waals surface area contributed by atoms with Gasteiger partial charge in [0.2, 0.25) is 11.8 Å². The molecule has 0 radical (unpaired) electrons. The number of likely N-dealkylation sites (tertiary alicyclic amines) is 1. The Kier molecular flexibility index (Phi) is 8.10. The third-order valence-corrected chi connectivity index (χ3v) is 5.55. The maximum Gasteiger partial charge on any atom is 0.573 e. The van der Waals surface area contributed by atoms with Gasteiger partial charge >= 0.3 is 12.3 Å². The fraction of sp³-hybridized carbons (Fsp3) is 0.261. The zero-order valence-electron chi connectivity index (χ0n) is 19.2. The quantitative estimate of drug-likeness (QED) is 0.216. The van der Waals surface area contributed by atoms with Crippen LogP contribution in [0.3, 0.4) is 0 Å². The first-order valence-corrected chi connectivity index (χ1v) is 10.8. The van der Waals surface area contributed by atoms with Crippen molar-refractivity contribution in [3.8, 4) is 5.75 Å². The standard InChI is InChI=1S/C23H22F4N6O4/c1-2-12-6-7-16(22(36)32-15-4-3-5-17(19(15)24)37-23(25,26)27)33(12)18(34)11-31-14-8-9-30-10-13(14)20(28)21(29)35/h2-5,8-10,12,16,28H,1,6-7,11H2,(H2,29,35)(H,30,31)(H,32,36)/p+1/t12?,16-/m0/s1. The van der Waals surface area contributed by atoms with Crippen LogP contribution >= 0.6 is 0 Å². The van der Waals surface area contributed by atoms with Crippen molar-refractivity contribution in [3.05, 3.63) is 60.7 Å². The zero-order chi connectivity index (χ0) is 27.3. The van der Waals surface area contributed by atoms with Crippen LogP contribution in [-0.4, -0.2) is 58.3 Å². The zero-order valence-corrected chi connectivity index (χ0v) is 19.2. The normalized spacial score (nSPS) is 17.1. The summed E-state index contributed by atoms with van der Waals surface area (Å²) < 4.78 is 55.7. The molecule has 10 nitrogen and oxygen atoms in total. The molecule has 0 bridgehead atoms. The van der Waals surface area contributed by atoms with Gasteiger partial charge in [0, 0.05) is 12.4 Å². The lowest BCUT2D eigenvalue weighted by Gasteiger charge is -2.28. The van der Waals surface area contributed by atoms with Gasteiger partial charge in [-0.3, -0.25) is 19.4 Å². The molecule has 2 heterocycles. The molecule has 2 aromatic rings. The summed E-state index contributed by atoms with van der Waals surface area (Å²) in [5.74, 6) is -4.77. The van der Waals surface area contributed by atoms with Crippen molar-refractivity contribution in [2.45, 2.75) is 31.3 Å². The van der Waals surface area contributed by atoms with Gasteiger partial charge in [0.05, 0.1) is 29.5 Å². The Morgan fingerprint density at radius 2 is 1.97 bits per heavy atom. The highest BCUT2D eigenvalue weighted by Crippen LogP contribution is 2.31. The topological polar surface area (TPSA) is 152 Å². The predicted octanol–water partition coefficient (Wildman–Crippen LogP) is 0.749. The summed E-state index contributed by atoms with van der Waals surface area (Å²) in [6, 6.07) is 2.77. The molecule has 1 aromatic heterocycles. The van der Waals surface area contributed by atoms with E-state index >= 15 is 0 Å².